The molecule has 102 valence electrons. The SMILES string of the molecule is C#Cc1ccc2c(ccc3nc([C@@H]4C[C@H]5CC5N4)[nH]c32)c1. The van der Waals surface area contributed by atoms with Crippen molar-refractivity contribution in [2.24, 2.45) is 5.92 Å². The van der Waals surface area contributed by atoms with Crippen LogP contribution in [0.3, 0.4) is 0 Å². The second-order valence-electron chi connectivity index (χ2n) is 6.22. The minimum absolute atomic E-state index is 0.390. The van der Waals surface area contributed by atoms with Crippen molar-refractivity contribution in [3.05, 3.63) is 41.7 Å². The molecule has 0 bridgehead atoms. The normalized spacial score (nSPS) is 26.9. The van der Waals surface area contributed by atoms with Crippen LogP contribution in [0.2, 0.25) is 0 Å². The fourth-order valence-corrected chi connectivity index (χ4v) is 3.62. The fraction of sp³-hybridized carbons (Fsp3) is 0.278. The zero-order valence-corrected chi connectivity index (χ0v) is 11.6. The lowest BCUT2D eigenvalue weighted by molar-refractivity contribution is 0.544. The van der Waals surface area contributed by atoms with Crippen molar-refractivity contribution in [3.63, 3.8) is 0 Å². The molecule has 21 heavy (non-hydrogen) atoms. The van der Waals surface area contributed by atoms with Crippen molar-refractivity contribution in [1.29, 1.82) is 0 Å². The molecule has 0 spiro atoms. The van der Waals surface area contributed by atoms with Gasteiger partial charge in [-0.15, -0.1) is 6.42 Å². The minimum Gasteiger partial charge on any atom is -0.340 e. The van der Waals surface area contributed by atoms with E-state index in [-0.39, 0.29) is 0 Å². The van der Waals surface area contributed by atoms with Gasteiger partial charge >= 0.3 is 0 Å². The molecule has 2 aromatic carbocycles. The molecule has 3 atom stereocenters. The van der Waals surface area contributed by atoms with Crippen molar-refractivity contribution in [2.75, 3.05) is 0 Å². The Balaban J connectivity index is 1.67. The zero-order chi connectivity index (χ0) is 14.0. The molecule has 1 aromatic heterocycles. The van der Waals surface area contributed by atoms with E-state index in [1.807, 2.05) is 6.07 Å². The predicted molar refractivity (Wildman–Crippen MR) is 83.9 cm³/mol. The summed E-state index contributed by atoms with van der Waals surface area (Å²) in [6.07, 6.45) is 8.03. The molecule has 1 saturated carbocycles. The number of hydrogen-bond acceptors (Lipinski definition) is 2. The van der Waals surface area contributed by atoms with Crippen molar-refractivity contribution in [3.8, 4) is 12.3 Å². The Labute approximate surface area is 122 Å². The monoisotopic (exact) mass is 273 g/mol. The summed E-state index contributed by atoms with van der Waals surface area (Å²) >= 11 is 0. The second kappa shape index (κ2) is 3.87. The van der Waals surface area contributed by atoms with Crippen LogP contribution in [-0.4, -0.2) is 16.0 Å². The van der Waals surface area contributed by atoms with Crippen LogP contribution in [-0.2, 0) is 0 Å². The van der Waals surface area contributed by atoms with Crippen LogP contribution in [0.4, 0.5) is 0 Å². The number of benzene rings is 2. The number of rotatable bonds is 1. The Morgan fingerprint density at radius 1 is 1.19 bits per heavy atom. The average molecular weight is 273 g/mol. The lowest BCUT2D eigenvalue weighted by Gasteiger charge is -2.08. The van der Waals surface area contributed by atoms with Gasteiger partial charge in [0.25, 0.3) is 0 Å². The first-order chi connectivity index (χ1) is 10.3. The number of nitrogens with zero attached hydrogens (tertiary/aromatic N) is 1. The number of terminal acetylenes is 1. The molecule has 0 radical (unpaired) electrons. The summed E-state index contributed by atoms with van der Waals surface area (Å²) in [5, 5.41) is 6.00. The maximum absolute atomic E-state index is 5.48. The number of imidazole rings is 1. The van der Waals surface area contributed by atoms with Crippen LogP contribution in [0.25, 0.3) is 21.8 Å². The smallest absolute Gasteiger partial charge is 0.124 e. The highest BCUT2D eigenvalue weighted by Crippen LogP contribution is 2.45. The number of piperidine rings is 1. The molecule has 2 fully saturated rings. The van der Waals surface area contributed by atoms with Crippen LogP contribution in [0.15, 0.2) is 30.3 Å². The molecule has 3 heteroatoms. The van der Waals surface area contributed by atoms with Gasteiger partial charge in [-0.2, -0.15) is 0 Å². The standard InChI is InChI=1S/C18H15N3/c1-2-10-3-5-13-11(7-10)4-6-14-17(13)21-18(20-14)16-9-12-8-15(12)19-16/h1,3-7,12,15-16,19H,8-9H2,(H,20,21)/t12-,15?,16+/m1/s1. The highest BCUT2D eigenvalue weighted by atomic mass is 15.1. The Morgan fingerprint density at radius 3 is 2.95 bits per heavy atom. The van der Waals surface area contributed by atoms with Crippen LogP contribution in [0, 0.1) is 18.3 Å². The quantitative estimate of drug-likeness (QED) is 0.669. The summed E-state index contributed by atoms with van der Waals surface area (Å²) in [6, 6.07) is 11.4. The predicted octanol–water partition coefficient (Wildman–Crippen LogP) is 3.12. The van der Waals surface area contributed by atoms with E-state index in [0.717, 1.165) is 39.8 Å². The van der Waals surface area contributed by atoms with Gasteiger partial charge in [0.05, 0.1) is 17.1 Å². The van der Waals surface area contributed by atoms with E-state index >= 15 is 0 Å². The van der Waals surface area contributed by atoms with Crippen molar-refractivity contribution in [2.45, 2.75) is 24.9 Å². The van der Waals surface area contributed by atoms with Gasteiger partial charge in [-0.3, -0.25) is 0 Å². The van der Waals surface area contributed by atoms with Crippen LogP contribution < -0.4 is 5.32 Å². The highest BCUT2D eigenvalue weighted by Gasteiger charge is 2.46. The molecule has 1 aliphatic heterocycles. The van der Waals surface area contributed by atoms with Gasteiger partial charge in [-0.05, 0) is 42.3 Å². The van der Waals surface area contributed by atoms with E-state index < -0.39 is 0 Å². The van der Waals surface area contributed by atoms with Gasteiger partial charge < -0.3 is 10.3 Å². The number of aromatic nitrogens is 2. The van der Waals surface area contributed by atoms with Gasteiger partial charge in [0.1, 0.15) is 5.82 Å². The summed E-state index contributed by atoms with van der Waals surface area (Å²) in [4.78, 5) is 8.32. The van der Waals surface area contributed by atoms with Crippen molar-refractivity contribution in [1.82, 2.24) is 15.3 Å². The first-order valence-electron chi connectivity index (χ1n) is 7.47. The van der Waals surface area contributed by atoms with Crippen LogP contribution in [0.1, 0.15) is 30.3 Å². The molecule has 5 rings (SSSR count). The third kappa shape index (κ3) is 1.63. The van der Waals surface area contributed by atoms with Gasteiger partial charge in [-0.25, -0.2) is 4.98 Å². The first kappa shape index (κ1) is 11.4. The number of nitrogens with one attached hydrogen (secondary N) is 2. The lowest BCUT2D eigenvalue weighted by atomic mass is 10.1. The Bertz CT molecular complexity index is 905. The third-order valence-electron chi connectivity index (χ3n) is 4.86. The number of hydrogen-bond donors (Lipinski definition) is 2. The molecule has 0 amide bonds. The molecule has 2 N–H and O–H groups in total. The largest absolute Gasteiger partial charge is 0.340 e. The lowest BCUT2D eigenvalue weighted by Crippen LogP contribution is -2.18. The molecule has 2 aliphatic rings. The summed E-state index contributed by atoms with van der Waals surface area (Å²) < 4.78 is 0. The molecule has 3 nitrogen and oxygen atoms in total. The van der Waals surface area contributed by atoms with Gasteiger partial charge in [0.2, 0.25) is 0 Å². The second-order valence-corrected chi connectivity index (χ2v) is 6.22. The van der Waals surface area contributed by atoms with Gasteiger partial charge in [0, 0.05) is 17.0 Å². The molecule has 3 aromatic rings. The Hall–Kier alpha value is -2.31. The van der Waals surface area contributed by atoms with Crippen molar-refractivity contribution < 1.29 is 0 Å². The molecule has 1 unspecified atom stereocenters. The zero-order valence-electron chi connectivity index (χ0n) is 11.6. The Kier molecular flexibility index (Phi) is 2.09. The highest BCUT2D eigenvalue weighted by molar-refractivity contribution is 6.04. The summed E-state index contributed by atoms with van der Waals surface area (Å²) in [6.45, 7) is 0. The minimum atomic E-state index is 0.390. The maximum atomic E-state index is 5.48. The summed E-state index contributed by atoms with van der Waals surface area (Å²) in [5.41, 5.74) is 3.07. The topological polar surface area (TPSA) is 40.7 Å². The van der Waals surface area contributed by atoms with E-state index in [4.69, 9.17) is 11.4 Å². The molecule has 1 aliphatic carbocycles. The van der Waals surface area contributed by atoms with E-state index in [1.54, 1.807) is 0 Å². The summed E-state index contributed by atoms with van der Waals surface area (Å²) in [5.74, 6) is 4.64. The molecular formula is C18H15N3. The fourth-order valence-electron chi connectivity index (χ4n) is 3.62. The number of fused-ring (bicyclic) bond motifs is 4. The Morgan fingerprint density at radius 2 is 2.14 bits per heavy atom. The molecule has 2 heterocycles. The molecule has 1 saturated heterocycles. The molecular weight excluding hydrogens is 258 g/mol. The van der Waals surface area contributed by atoms with Crippen molar-refractivity contribution >= 4 is 21.8 Å². The van der Waals surface area contributed by atoms with E-state index in [1.165, 1.54) is 18.2 Å². The number of H-pyrrole nitrogens is 1. The number of aromatic amines is 1. The van der Waals surface area contributed by atoms with E-state index in [9.17, 15) is 0 Å². The van der Waals surface area contributed by atoms with Gasteiger partial charge in [0.15, 0.2) is 0 Å². The third-order valence-corrected chi connectivity index (χ3v) is 4.86. The maximum Gasteiger partial charge on any atom is 0.124 e. The first-order valence-corrected chi connectivity index (χ1v) is 7.47. The summed E-state index contributed by atoms with van der Waals surface area (Å²) in [7, 11) is 0. The average Bonchev–Trinajstić information content (AvgIpc) is 2.96. The van der Waals surface area contributed by atoms with Crippen LogP contribution in [0.5, 0.6) is 0 Å². The van der Waals surface area contributed by atoms with E-state index in [0.29, 0.717) is 6.04 Å². The van der Waals surface area contributed by atoms with Gasteiger partial charge in [-0.1, -0.05) is 18.1 Å². The van der Waals surface area contributed by atoms with Crippen LogP contribution >= 0.6 is 0 Å². The van der Waals surface area contributed by atoms with E-state index in [2.05, 4.69) is 40.5 Å².